The molecule has 2 heteroatoms. The molecule has 0 aliphatic heterocycles. The predicted octanol–water partition coefficient (Wildman–Crippen LogP) is 2.17. The quantitative estimate of drug-likeness (QED) is 0.539. The average Bonchev–Trinajstić information content (AvgIpc) is 1.68. The number of hydrogen-bond acceptors (Lipinski definition) is 1. The molecule has 46 valence electrons. The lowest BCUT2D eigenvalue weighted by atomic mass is 10.1. The summed E-state index contributed by atoms with van der Waals surface area (Å²) in [5.41, 5.74) is 0. The highest BCUT2D eigenvalue weighted by atomic mass is 35.5. The molecule has 0 radical (unpaired) electrons. The van der Waals surface area contributed by atoms with Crippen LogP contribution in [0.3, 0.4) is 0 Å². The summed E-state index contributed by atoms with van der Waals surface area (Å²) < 4.78 is 0. The Labute approximate surface area is 55.3 Å². The lowest BCUT2D eigenvalue weighted by molar-refractivity contribution is 0.581. The second kappa shape index (κ2) is 4.93. The van der Waals surface area contributed by atoms with Crippen molar-refractivity contribution in [3.8, 4) is 6.07 Å². The van der Waals surface area contributed by atoms with Crippen LogP contribution in [0.25, 0.3) is 0 Å². The van der Waals surface area contributed by atoms with Crippen molar-refractivity contribution in [1.82, 2.24) is 0 Å². The van der Waals surface area contributed by atoms with Crippen molar-refractivity contribution in [2.75, 3.05) is 5.88 Å². The zero-order valence-corrected chi connectivity index (χ0v) is 5.78. The Morgan fingerprint density at radius 1 is 1.75 bits per heavy atom. The van der Waals surface area contributed by atoms with E-state index in [0.717, 1.165) is 6.42 Å². The third-order valence-corrected chi connectivity index (χ3v) is 1.26. The smallest absolute Gasteiger partial charge is 0.0624 e. The summed E-state index contributed by atoms with van der Waals surface area (Å²) in [4.78, 5) is 0. The first-order valence-electron chi connectivity index (χ1n) is 2.74. The van der Waals surface area contributed by atoms with Crippen molar-refractivity contribution in [3.63, 3.8) is 0 Å². The van der Waals surface area contributed by atoms with Crippen LogP contribution < -0.4 is 0 Å². The van der Waals surface area contributed by atoms with Gasteiger partial charge in [0.15, 0.2) is 0 Å². The van der Waals surface area contributed by atoms with Crippen molar-refractivity contribution in [3.05, 3.63) is 0 Å². The van der Waals surface area contributed by atoms with Gasteiger partial charge < -0.3 is 0 Å². The van der Waals surface area contributed by atoms with Gasteiger partial charge in [0, 0.05) is 12.3 Å². The minimum atomic E-state index is 0.470. The van der Waals surface area contributed by atoms with Crippen molar-refractivity contribution in [2.45, 2.75) is 19.8 Å². The van der Waals surface area contributed by atoms with Crippen LogP contribution in [0.4, 0.5) is 0 Å². The second-order valence-electron chi connectivity index (χ2n) is 1.95. The van der Waals surface area contributed by atoms with Crippen LogP contribution in [-0.4, -0.2) is 5.88 Å². The Hall–Kier alpha value is -0.220. The van der Waals surface area contributed by atoms with E-state index in [2.05, 4.69) is 6.07 Å². The van der Waals surface area contributed by atoms with Crippen molar-refractivity contribution < 1.29 is 0 Å². The number of alkyl halides is 1. The SMILES string of the molecule is CC(CC#N)CCCl. The van der Waals surface area contributed by atoms with Crippen LogP contribution in [0.5, 0.6) is 0 Å². The summed E-state index contributed by atoms with van der Waals surface area (Å²) in [5.74, 6) is 1.14. The molecule has 0 aromatic heterocycles. The molecule has 1 unspecified atom stereocenters. The van der Waals surface area contributed by atoms with Crippen LogP contribution in [-0.2, 0) is 0 Å². The summed E-state index contributed by atoms with van der Waals surface area (Å²) in [6.45, 7) is 2.03. The summed E-state index contributed by atoms with van der Waals surface area (Å²) >= 11 is 5.42. The van der Waals surface area contributed by atoms with Gasteiger partial charge >= 0.3 is 0 Å². The molecule has 0 fully saturated rings. The van der Waals surface area contributed by atoms with Gasteiger partial charge in [0.1, 0.15) is 0 Å². The second-order valence-corrected chi connectivity index (χ2v) is 2.32. The molecule has 0 spiro atoms. The highest BCUT2D eigenvalue weighted by Crippen LogP contribution is 2.05. The number of nitriles is 1. The molecule has 8 heavy (non-hydrogen) atoms. The van der Waals surface area contributed by atoms with Crippen LogP contribution in [0.2, 0.25) is 0 Å². The van der Waals surface area contributed by atoms with Gasteiger partial charge in [-0.15, -0.1) is 11.6 Å². The first kappa shape index (κ1) is 7.78. The maximum atomic E-state index is 8.17. The lowest BCUT2D eigenvalue weighted by Gasteiger charge is -1.99. The zero-order chi connectivity index (χ0) is 6.41. The Morgan fingerprint density at radius 3 is 2.75 bits per heavy atom. The van der Waals surface area contributed by atoms with Gasteiger partial charge in [0.25, 0.3) is 0 Å². The van der Waals surface area contributed by atoms with Crippen LogP contribution in [0.15, 0.2) is 0 Å². The zero-order valence-electron chi connectivity index (χ0n) is 5.02. The van der Waals surface area contributed by atoms with Gasteiger partial charge in [-0.3, -0.25) is 0 Å². The molecule has 1 atom stereocenters. The van der Waals surface area contributed by atoms with Crippen molar-refractivity contribution >= 4 is 11.6 Å². The standard InChI is InChI=1S/C6H10ClN/c1-6(2-4-7)3-5-8/h6H,2-4H2,1H3. The van der Waals surface area contributed by atoms with Gasteiger partial charge in [-0.2, -0.15) is 5.26 Å². The maximum absolute atomic E-state index is 8.17. The van der Waals surface area contributed by atoms with E-state index in [9.17, 15) is 0 Å². The maximum Gasteiger partial charge on any atom is 0.0624 e. The molecule has 0 N–H and O–H groups in total. The fraction of sp³-hybridized carbons (Fsp3) is 0.833. The van der Waals surface area contributed by atoms with E-state index < -0.39 is 0 Å². The largest absolute Gasteiger partial charge is 0.198 e. The Bertz CT molecular complexity index is 85.0. The number of hydrogen-bond donors (Lipinski definition) is 0. The first-order chi connectivity index (χ1) is 3.81. The molecule has 0 saturated carbocycles. The minimum Gasteiger partial charge on any atom is -0.198 e. The van der Waals surface area contributed by atoms with Crippen molar-refractivity contribution in [2.24, 2.45) is 5.92 Å². The molecule has 0 saturated heterocycles. The molecular weight excluding hydrogens is 122 g/mol. The fourth-order valence-electron chi connectivity index (χ4n) is 0.444. The number of nitrogens with zero attached hydrogens (tertiary/aromatic N) is 1. The van der Waals surface area contributed by atoms with Crippen LogP contribution in [0.1, 0.15) is 19.8 Å². The summed E-state index contributed by atoms with van der Waals surface area (Å²) in [5, 5.41) is 8.17. The van der Waals surface area contributed by atoms with Gasteiger partial charge in [-0.1, -0.05) is 6.92 Å². The normalized spacial score (nSPS) is 12.6. The molecule has 0 rings (SSSR count). The molecule has 0 heterocycles. The molecule has 0 aromatic carbocycles. The monoisotopic (exact) mass is 131 g/mol. The number of halogens is 1. The Morgan fingerprint density at radius 2 is 2.38 bits per heavy atom. The molecule has 0 bridgehead atoms. The Balaban J connectivity index is 3.08. The molecule has 0 amide bonds. The highest BCUT2D eigenvalue weighted by Gasteiger charge is 1.97. The third kappa shape index (κ3) is 3.95. The highest BCUT2D eigenvalue weighted by molar-refractivity contribution is 6.17. The van der Waals surface area contributed by atoms with Crippen LogP contribution in [0, 0.1) is 17.2 Å². The number of rotatable bonds is 3. The topological polar surface area (TPSA) is 23.8 Å². The minimum absolute atomic E-state index is 0.470. The molecule has 0 aliphatic rings. The fourth-order valence-corrected chi connectivity index (χ4v) is 0.817. The van der Waals surface area contributed by atoms with E-state index in [1.165, 1.54) is 0 Å². The molecule has 1 nitrogen and oxygen atoms in total. The summed E-state index contributed by atoms with van der Waals surface area (Å²) in [6.07, 6.45) is 1.59. The Kier molecular flexibility index (Phi) is 4.79. The van der Waals surface area contributed by atoms with E-state index in [-0.39, 0.29) is 0 Å². The molecular formula is C6H10ClN. The van der Waals surface area contributed by atoms with E-state index in [0.29, 0.717) is 18.2 Å². The molecule has 0 aromatic rings. The van der Waals surface area contributed by atoms with E-state index in [4.69, 9.17) is 16.9 Å². The van der Waals surface area contributed by atoms with Crippen molar-refractivity contribution in [1.29, 1.82) is 5.26 Å². The summed E-state index contributed by atoms with van der Waals surface area (Å²) in [7, 11) is 0. The third-order valence-electron chi connectivity index (χ3n) is 1.04. The van der Waals surface area contributed by atoms with E-state index >= 15 is 0 Å². The predicted molar refractivity (Wildman–Crippen MR) is 34.7 cm³/mol. The van der Waals surface area contributed by atoms with E-state index in [1.807, 2.05) is 6.92 Å². The van der Waals surface area contributed by atoms with Gasteiger partial charge in [0.05, 0.1) is 6.07 Å². The van der Waals surface area contributed by atoms with Crippen LogP contribution >= 0.6 is 11.6 Å². The van der Waals surface area contributed by atoms with Gasteiger partial charge in [0.2, 0.25) is 0 Å². The lowest BCUT2D eigenvalue weighted by Crippen LogP contribution is -1.92. The van der Waals surface area contributed by atoms with E-state index in [1.54, 1.807) is 0 Å². The summed E-state index contributed by atoms with van der Waals surface area (Å²) in [6, 6.07) is 2.09. The van der Waals surface area contributed by atoms with Gasteiger partial charge in [-0.05, 0) is 12.3 Å². The average molecular weight is 132 g/mol. The first-order valence-corrected chi connectivity index (χ1v) is 3.27. The molecule has 0 aliphatic carbocycles. The van der Waals surface area contributed by atoms with Gasteiger partial charge in [-0.25, -0.2) is 0 Å².